The molecule has 14 heteroatoms. The van der Waals surface area contributed by atoms with Gasteiger partial charge in [0.25, 0.3) is 5.91 Å². The molecule has 0 N–H and O–H groups in total. The van der Waals surface area contributed by atoms with Crippen LogP contribution in [0.4, 0.5) is 13.2 Å². The fourth-order valence-corrected chi connectivity index (χ4v) is 7.17. The lowest BCUT2D eigenvalue weighted by Gasteiger charge is -2.53. The van der Waals surface area contributed by atoms with E-state index in [1.807, 2.05) is 48.2 Å². The van der Waals surface area contributed by atoms with Gasteiger partial charge >= 0.3 is 12.2 Å². The van der Waals surface area contributed by atoms with Crippen LogP contribution in [0.2, 0.25) is 0 Å². The van der Waals surface area contributed by atoms with Gasteiger partial charge in [0, 0.05) is 63.5 Å². The topological polar surface area (TPSA) is 102 Å². The molecule has 6 rings (SSSR count). The largest absolute Gasteiger partial charge is 0.481 e. The van der Waals surface area contributed by atoms with Gasteiger partial charge in [-0.05, 0) is 37.1 Å². The fourth-order valence-electron chi connectivity index (χ4n) is 7.17. The van der Waals surface area contributed by atoms with Crippen molar-refractivity contribution in [2.45, 2.75) is 44.6 Å². The molecule has 0 unspecified atom stereocenters. The first kappa shape index (κ1) is 36.8. The number of piperazine rings is 2. The van der Waals surface area contributed by atoms with Gasteiger partial charge in [-0.25, -0.2) is 4.98 Å². The number of nitrogens with zero attached hydrogens (tertiary/aromatic N) is 6. The van der Waals surface area contributed by atoms with Gasteiger partial charge in [-0.1, -0.05) is 60.7 Å². The van der Waals surface area contributed by atoms with E-state index in [9.17, 15) is 18.0 Å². The second kappa shape index (κ2) is 16.6. The van der Waals surface area contributed by atoms with Crippen molar-refractivity contribution in [1.82, 2.24) is 29.7 Å². The van der Waals surface area contributed by atoms with Crippen molar-refractivity contribution < 1.29 is 36.9 Å². The van der Waals surface area contributed by atoms with Gasteiger partial charge in [-0.2, -0.15) is 23.1 Å². The number of fused-ring (bicyclic) bond motifs is 1. The van der Waals surface area contributed by atoms with E-state index in [0.29, 0.717) is 50.8 Å². The van der Waals surface area contributed by atoms with Crippen LogP contribution in [-0.2, 0) is 6.54 Å². The summed E-state index contributed by atoms with van der Waals surface area (Å²) in [6.45, 7) is 5.31. The third kappa shape index (κ3) is 8.56. The summed E-state index contributed by atoms with van der Waals surface area (Å²) < 4.78 is 62.2. The van der Waals surface area contributed by atoms with Crippen LogP contribution in [0.25, 0.3) is 0 Å². The highest BCUT2D eigenvalue weighted by atomic mass is 19.4. The Hall–Kier alpha value is -4.95. The highest BCUT2D eigenvalue weighted by Crippen LogP contribution is 2.38. The lowest BCUT2D eigenvalue weighted by Crippen LogP contribution is -2.67. The minimum Gasteiger partial charge on any atom is -0.481 e. The molecule has 2 atom stereocenters. The summed E-state index contributed by atoms with van der Waals surface area (Å²) in [5, 5.41) is 0. The molecule has 1 amide bonds. The maximum Gasteiger partial charge on any atom is 0.422 e. The molecule has 2 aromatic carbocycles. The first-order valence-electron chi connectivity index (χ1n) is 17.4. The number of ether oxygens (including phenoxy) is 4. The number of rotatable bonds is 13. The predicted octanol–water partition coefficient (Wildman–Crippen LogP) is 5.46. The normalized spacial score (nSPS) is 18.2. The van der Waals surface area contributed by atoms with Crippen molar-refractivity contribution in [2.75, 3.05) is 59.7 Å². The summed E-state index contributed by atoms with van der Waals surface area (Å²) in [5.74, 6) is -0.121. The molecule has 2 aliphatic rings. The van der Waals surface area contributed by atoms with Crippen LogP contribution < -0.4 is 18.9 Å². The minimum atomic E-state index is -4.59. The molecular formula is C38H43F3N6O5. The third-order valence-corrected chi connectivity index (χ3v) is 9.27. The number of methoxy groups -OCH3 is 1. The molecule has 2 aromatic heterocycles. The molecule has 0 aliphatic carbocycles. The number of pyridine rings is 1. The Morgan fingerprint density at radius 2 is 1.50 bits per heavy atom. The molecule has 2 fully saturated rings. The second-order valence-corrected chi connectivity index (χ2v) is 12.6. The molecule has 0 saturated carbocycles. The van der Waals surface area contributed by atoms with Crippen LogP contribution in [0.1, 0.15) is 46.8 Å². The molecule has 4 aromatic rings. The van der Waals surface area contributed by atoms with Crippen molar-refractivity contribution in [1.29, 1.82) is 0 Å². The van der Waals surface area contributed by atoms with E-state index in [2.05, 4.69) is 49.0 Å². The highest BCUT2D eigenvalue weighted by molar-refractivity contribution is 5.96. The number of carbonyl (C=O) groups excluding carboxylic acids is 1. The van der Waals surface area contributed by atoms with Gasteiger partial charge in [-0.15, -0.1) is 0 Å². The summed E-state index contributed by atoms with van der Waals surface area (Å²) >= 11 is 0. The number of carbonyl (C=O) groups is 1. The van der Waals surface area contributed by atoms with Gasteiger partial charge in [0.1, 0.15) is 5.56 Å². The average Bonchev–Trinajstić information content (AvgIpc) is 3.15. The number of halogens is 3. The number of hydrogen-bond donors (Lipinski definition) is 0. The van der Waals surface area contributed by atoms with Gasteiger partial charge < -0.3 is 23.8 Å². The van der Waals surface area contributed by atoms with Crippen molar-refractivity contribution in [3.63, 3.8) is 0 Å². The van der Waals surface area contributed by atoms with E-state index in [4.69, 9.17) is 18.9 Å². The molecule has 276 valence electrons. The standard InChI is InChI=1S/C38H43F3N6O5/c1-4-50-33-29(17-12-18-42-33)36(48)46-19-20-47-28(22-46)21-45(24-31(47)32(26-13-8-6-9-14-26)27-15-10-7-11-16-27)23-30-34(49-3)43-37(51-5-2)44-35(30)52-25-38(39,40)41/h6-18,28,31-32H,4-5,19-25H2,1-3H3/t28-,31+/m1/s1. The molecule has 2 aliphatic heterocycles. The molecule has 4 heterocycles. The number of amides is 1. The van der Waals surface area contributed by atoms with Crippen LogP contribution >= 0.6 is 0 Å². The van der Waals surface area contributed by atoms with Crippen molar-refractivity contribution in [3.05, 3.63) is 101 Å². The maximum absolute atomic E-state index is 14.0. The van der Waals surface area contributed by atoms with Crippen LogP contribution in [0.15, 0.2) is 79.0 Å². The molecule has 11 nitrogen and oxygen atoms in total. The van der Waals surface area contributed by atoms with Crippen molar-refractivity contribution in [3.8, 4) is 23.7 Å². The van der Waals surface area contributed by atoms with Crippen LogP contribution in [0.5, 0.6) is 23.7 Å². The molecule has 52 heavy (non-hydrogen) atoms. The van der Waals surface area contributed by atoms with Gasteiger partial charge in [0.2, 0.25) is 17.6 Å². The van der Waals surface area contributed by atoms with Gasteiger partial charge in [-0.3, -0.25) is 14.6 Å². The summed E-state index contributed by atoms with van der Waals surface area (Å²) in [6, 6.07) is 23.7. The quantitative estimate of drug-likeness (QED) is 0.177. The lowest BCUT2D eigenvalue weighted by atomic mass is 9.81. The first-order chi connectivity index (χ1) is 25.2. The Balaban J connectivity index is 1.38. The van der Waals surface area contributed by atoms with E-state index in [0.717, 1.165) is 11.1 Å². The Kier molecular flexibility index (Phi) is 11.8. The summed E-state index contributed by atoms with van der Waals surface area (Å²) in [7, 11) is 1.40. The van der Waals surface area contributed by atoms with E-state index in [1.165, 1.54) is 7.11 Å². The number of alkyl halides is 3. The smallest absolute Gasteiger partial charge is 0.422 e. The number of benzene rings is 2. The molecule has 2 saturated heterocycles. The molecule has 0 spiro atoms. The summed E-state index contributed by atoms with van der Waals surface area (Å²) in [6.07, 6.45) is -2.99. The van der Waals surface area contributed by atoms with Crippen LogP contribution in [0.3, 0.4) is 0 Å². The van der Waals surface area contributed by atoms with E-state index < -0.39 is 12.8 Å². The Bertz CT molecular complexity index is 1740. The van der Waals surface area contributed by atoms with Crippen LogP contribution in [-0.4, -0.2) is 113 Å². The third-order valence-electron chi connectivity index (χ3n) is 9.27. The fraction of sp³-hybridized carbons (Fsp3) is 0.421. The average molecular weight is 721 g/mol. The van der Waals surface area contributed by atoms with Crippen LogP contribution in [0, 0.1) is 0 Å². The SMILES string of the molecule is CCOc1nc(OC)c(CN2C[C@@H]3CN(C(=O)c4cccnc4OCC)CCN3[C@H](C(c3ccccc3)c3ccccc3)C2)c(OCC(F)(F)F)n1. The Morgan fingerprint density at radius 3 is 2.13 bits per heavy atom. The zero-order valence-corrected chi connectivity index (χ0v) is 29.5. The van der Waals surface area contributed by atoms with Crippen molar-refractivity contribution >= 4 is 5.91 Å². The van der Waals surface area contributed by atoms with E-state index >= 15 is 0 Å². The zero-order valence-electron chi connectivity index (χ0n) is 29.5. The lowest BCUT2D eigenvalue weighted by molar-refractivity contribution is -0.154. The van der Waals surface area contributed by atoms with E-state index in [1.54, 1.807) is 25.3 Å². The highest BCUT2D eigenvalue weighted by Gasteiger charge is 2.44. The Labute approximate surface area is 301 Å². The first-order valence-corrected chi connectivity index (χ1v) is 17.4. The maximum atomic E-state index is 14.0. The number of aromatic nitrogens is 3. The van der Waals surface area contributed by atoms with Gasteiger partial charge in [0.15, 0.2) is 6.61 Å². The number of hydrogen-bond acceptors (Lipinski definition) is 10. The van der Waals surface area contributed by atoms with E-state index in [-0.39, 0.29) is 60.4 Å². The van der Waals surface area contributed by atoms with Gasteiger partial charge in [0.05, 0.1) is 25.9 Å². The minimum absolute atomic E-state index is 0.0581. The molecule has 0 radical (unpaired) electrons. The Morgan fingerprint density at radius 1 is 0.827 bits per heavy atom. The van der Waals surface area contributed by atoms with Crippen molar-refractivity contribution in [2.24, 2.45) is 0 Å². The second-order valence-electron chi connectivity index (χ2n) is 12.6. The summed E-state index contributed by atoms with van der Waals surface area (Å²) in [5.41, 5.74) is 2.94. The summed E-state index contributed by atoms with van der Waals surface area (Å²) in [4.78, 5) is 33.3. The zero-order chi connectivity index (χ0) is 36.7. The predicted molar refractivity (Wildman–Crippen MR) is 187 cm³/mol. The molecular weight excluding hydrogens is 677 g/mol. The molecule has 0 bridgehead atoms. The monoisotopic (exact) mass is 720 g/mol.